The number of nitrogens with one attached hydrogen (secondary N) is 1. The second kappa shape index (κ2) is 3.01. The Morgan fingerprint density at radius 3 is 2.92 bits per heavy atom. The molecule has 0 amide bonds. The Morgan fingerprint density at radius 1 is 1.38 bits per heavy atom. The van der Waals surface area contributed by atoms with E-state index in [0.717, 1.165) is 10.9 Å². The molecule has 1 aromatic carbocycles. The SMILES string of the molecule is Oc1cc2cccc(Cl)c2[nH]c1=S. The van der Waals surface area contributed by atoms with Gasteiger partial charge in [-0.25, -0.2) is 0 Å². The van der Waals surface area contributed by atoms with Crippen molar-refractivity contribution >= 4 is 34.7 Å². The van der Waals surface area contributed by atoms with Gasteiger partial charge in [0.25, 0.3) is 0 Å². The molecule has 2 N–H and O–H groups in total. The maximum Gasteiger partial charge on any atom is 0.150 e. The molecular weight excluding hydrogens is 206 g/mol. The second-order valence-corrected chi connectivity index (χ2v) is 3.50. The molecule has 0 bridgehead atoms. The van der Waals surface area contributed by atoms with Crippen LogP contribution in [-0.4, -0.2) is 10.1 Å². The lowest BCUT2D eigenvalue weighted by Gasteiger charge is -2.00. The van der Waals surface area contributed by atoms with E-state index >= 15 is 0 Å². The fourth-order valence-electron chi connectivity index (χ4n) is 1.18. The van der Waals surface area contributed by atoms with Crippen molar-refractivity contribution in [3.05, 3.63) is 33.9 Å². The van der Waals surface area contributed by atoms with E-state index in [9.17, 15) is 5.11 Å². The fourth-order valence-corrected chi connectivity index (χ4v) is 1.57. The van der Waals surface area contributed by atoms with Gasteiger partial charge in [0.15, 0.2) is 5.75 Å². The summed E-state index contributed by atoms with van der Waals surface area (Å²) in [6.07, 6.45) is 0. The molecule has 0 saturated carbocycles. The topological polar surface area (TPSA) is 36.0 Å². The smallest absolute Gasteiger partial charge is 0.150 e. The Bertz CT molecular complexity index is 520. The summed E-state index contributed by atoms with van der Waals surface area (Å²) in [5, 5.41) is 10.8. The minimum Gasteiger partial charge on any atom is -0.505 e. The van der Waals surface area contributed by atoms with E-state index in [0.29, 0.717) is 9.66 Å². The molecule has 1 heterocycles. The van der Waals surface area contributed by atoms with Crippen LogP contribution in [0.15, 0.2) is 24.3 Å². The summed E-state index contributed by atoms with van der Waals surface area (Å²) >= 11 is 10.8. The number of halogens is 1. The summed E-state index contributed by atoms with van der Waals surface area (Å²) in [6.45, 7) is 0. The van der Waals surface area contributed by atoms with E-state index in [4.69, 9.17) is 23.8 Å². The van der Waals surface area contributed by atoms with E-state index in [1.807, 2.05) is 12.1 Å². The Labute approximate surface area is 84.8 Å². The number of pyridine rings is 1. The van der Waals surface area contributed by atoms with Gasteiger partial charge >= 0.3 is 0 Å². The lowest BCUT2D eigenvalue weighted by Crippen LogP contribution is -1.81. The zero-order valence-electron chi connectivity index (χ0n) is 6.54. The number of benzene rings is 1. The molecule has 0 atom stereocenters. The molecule has 66 valence electrons. The monoisotopic (exact) mass is 211 g/mol. The highest BCUT2D eigenvalue weighted by Gasteiger charge is 2.00. The molecular formula is C9H6ClNOS. The average Bonchev–Trinajstić information content (AvgIpc) is 2.09. The number of para-hydroxylation sites is 1. The van der Waals surface area contributed by atoms with Gasteiger partial charge in [0.2, 0.25) is 0 Å². The molecule has 2 nitrogen and oxygen atoms in total. The quantitative estimate of drug-likeness (QED) is 0.657. The van der Waals surface area contributed by atoms with Crippen LogP contribution >= 0.6 is 23.8 Å². The molecule has 0 fully saturated rings. The van der Waals surface area contributed by atoms with Crippen molar-refractivity contribution in [2.75, 3.05) is 0 Å². The van der Waals surface area contributed by atoms with Crippen LogP contribution < -0.4 is 0 Å². The highest BCUT2D eigenvalue weighted by Crippen LogP contribution is 2.24. The van der Waals surface area contributed by atoms with Gasteiger partial charge < -0.3 is 10.1 Å². The van der Waals surface area contributed by atoms with Crippen molar-refractivity contribution in [1.29, 1.82) is 0 Å². The van der Waals surface area contributed by atoms with Gasteiger partial charge in [-0.2, -0.15) is 0 Å². The van der Waals surface area contributed by atoms with Crippen molar-refractivity contribution < 1.29 is 5.11 Å². The number of fused-ring (bicyclic) bond motifs is 1. The number of aromatic amines is 1. The summed E-state index contributed by atoms with van der Waals surface area (Å²) in [5.41, 5.74) is 0.756. The first-order chi connectivity index (χ1) is 6.18. The predicted octanol–water partition coefficient (Wildman–Crippen LogP) is 3.26. The largest absolute Gasteiger partial charge is 0.505 e. The van der Waals surface area contributed by atoms with Crippen molar-refractivity contribution in [3.63, 3.8) is 0 Å². The number of aromatic hydroxyl groups is 1. The van der Waals surface area contributed by atoms with Crippen molar-refractivity contribution in [1.82, 2.24) is 4.98 Å². The average molecular weight is 212 g/mol. The molecule has 0 radical (unpaired) electrons. The van der Waals surface area contributed by atoms with E-state index in [2.05, 4.69) is 4.98 Å². The van der Waals surface area contributed by atoms with E-state index < -0.39 is 0 Å². The molecule has 0 unspecified atom stereocenters. The summed E-state index contributed by atoms with van der Waals surface area (Å²) in [6, 6.07) is 7.04. The van der Waals surface area contributed by atoms with Gasteiger partial charge in [0.05, 0.1) is 10.5 Å². The Balaban J connectivity index is 2.97. The third-order valence-corrected chi connectivity index (χ3v) is 2.44. The molecule has 0 aliphatic rings. The summed E-state index contributed by atoms with van der Waals surface area (Å²) < 4.78 is 0.306. The van der Waals surface area contributed by atoms with Gasteiger partial charge in [-0.1, -0.05) is 36.0 Å². The van der Waals surface area contributed by atoms with E-state index in [-0.39, 0.29) is 5.75 Å². The normalized spacial score (nSPS) is 10.5. The van der Waals surface area contributed by atoms with Gasteiger partial charge in [-0.05, 0) is 12.1 Å². The number of H-pyrrole nitrogens is 1. The fraction of sp³-hybridized carbons (Fsp3) is 0. The maximum absolute atomic E-state index is 9.33. The summed E-state index contributed by atoms with van der Waals surface area (Å²) in [7, 11) is 0. The molecule has 4 heteroatoms. The third-order valence-electron chi connectivity index (χ3n) is 1.81. The Kier molecular flexibility index (Phi) is 1.98. The van der Waals surface area contributed by atoms with Crippen LogP contribution in [0.5, 0.6) is 5.75 Å². The molecule has 0 spiro atoms. The molecule has 0 aliphatic carbocycles. The van der Waals surface area contributed by atoms with Gasteiger partial charge in [0, 0.05) is 5.39 Å². The summed E-state index contributed by atoms with van der Waals surface area (Å²) in [4.78, 5) is 2.86. The van der Waals surface area contributed by atoms with Crippen LogP contribution in [0.2, 0.25) is 5.02 Å². The Morgan fingerprint density at radius 2 is 2.15 bits per heavy atom. The van der Waals surface area contributed by atoms with Crippen LogP contribution in [-0.2, 0) is 0 Å². The van der Waals surface area contributed by atoms with E-state index in [1.165, 1.54) is 0 Å². The molecule has 0 saturated heterocycles. The van der Waals surface area contributed by atoms with Crippen LogP contribution in [0.25, 0.3) is 10.9 Å². The van der Waals surface area contributed by atoms with Crippen LogP contribution in [0.3, 0.4) is 0 Å². The maximum atomic E-state index is 9.33. The number of hydrogen-bond acceptors (Lipinski definition) is 2. The number of aromatic nitrogens is 1. The second-order valence-electron chi connectivity index (χ2n) is 2.69. The highest BCUT2D eigenvalue weighted by atomic mass is 35.5. The first-order valence-electron chi connectivity index (χ1n) is 3.69. The van der Waals surface area contributed by atoms with Crippen LogP contribution in [0.4, 0.5) is 0 Å². The molecule has 1 aromatic heterocycles. The molecule has 0 aliphatic heterocycles. The lowest BCUT2D eigenvalue weighted by atomic mass is 10.2. The highest BCUT2D eigenvalue weighted by molar-refractivity contribution is 7.71. The third kappa shape index (κ3) is 1.41. The van der Waals surface area contributed by atoms with Gasteiger partial charge in [0.1, 0.15) is 4.64 Å². The Hall–Kier alpha value is -1.06. The standard InChI is InChI=1S/C9H6ClNOS/c10-6-3-1-2-5-4-7(12)9(13)11-8(5)6/h1-4,12H,(H,11,13). The van der Waals surface area contributed by atoms with E-state index in [1.54, 1.807) is 12.1 Å². The zero-order chi connectivity index (χ0) is 9.42. The van der Waals surface area contributed by atoms with Gasteiger partial charge in [-0.15, -0.1) is 0 Å². The molecule has 2 aromatic rings. The van der Waals surface area contributed by atoms with Crippen molar-refractivity contribution in [3.8, 4) is 5.75 Å². The lowest BCUT2D eigenvalue weighted by molar-refractivity contribution is 0.471. The minimum atomic E-state index is 0.0739. The van der Waals surface area contributed by atoms with Crippen molar-refractivity contribution in [2.45, 2.75) is 0 Å². The summed E-state index contributed by atoms with van der Waals surface area (Å²) in [5.74, 6) is 0.0739. The van der Waals surface area contributed by atoms with Gasteiger partial charge in [-0.3, -0.25) is 0 Å². The van der Waals surface area contributed by atoms with Crippen LogP contribution in [0.1, 0.15) is 0 Å². The zero-order valence-corrected chi connectivity index (χ0v) is 8.12. The van der Waals surface area contributed by atoms with Crippen LogP contribution in [0, 0.1) is 4.64 Å². The molecule has 2 rings (SSSR count). The van der Waals surface area contributed by atoms with Crippen molar-refractivity contribution in [2.24, 2.45) is 0 Å². The first-order valence-corrected chi connectivity index (χ1v) is 4.47. The number of hydrogen-bond donors (Lipinski definition) is 2. The first kappa shape index (κ1) is 8.53. The predicted molar refractivity (Wildman–Crippen MR) is 55.8 cm³/mol. The number of rotatable bonds is 0. The minimum absolute atomic E-state index is 0.0739. The molecule has 13 heavy (non-hydrogen) atoms.